The number of morpholine rings is 1. The second-order valence-corrected chi connectivity index (χ2v) is 5.67. The Kier molecular flexibility index (Phi) is 4.43. The molecule has 4 heterocycles. The van der Waals surface area contributed by atoms with Gasteiger partial charge in [-0.15, -0.1) is 0 Å². The SMILES string of the molecule is c1cnc(-c2nc(N3CCNCC3)nc(N3CCOCC3)n2)nc1. The lowest BCUT2D eigenvalue weighted by molar-refractivity contribution is 0.122. The van der Waals surface area contributed by atoms with E-state index in [9.17, 15) is 0 Å². The van der Waals surface area contributed by atoms with Crippen LogP contribution in [0.2, 0.25) is 0 Å². The molecular weight excluding hydrogens is 308 g/mol. The number of aromatic nitrogens is 5. The van der Waals surface area contributed by atoms with Crippen molar-refractivity contribution in [2.24, 2.45) is 0 Å². The van der Waals surface area contributed by atoms with E-state index in [1.54, 1.807) is 18.5 Å². The van der Waals surface area contributed by atoms with E-state index >= 15 is 0 Å². The predicted octanol–water partition coefficient (Wildman–Crippen LogP) is -0.425. The Morgan fingerprint density at radius 3 is 2.08 bits per heavy atom. The van der Waals surface area contributed by atoms with Gasteiger partial charge in [0.05, 0.1) is 13.2 Å². The molecule has 0 amide bonds. The van der Waals surface area contributed by atoms with E-state index in [-0.39, 0.29) is 0 Å². The highest BCUT2D eigenvalue weighted by molar-refractivity contribution is 5.51. The van der Waals surface area contributed by atoms with E-state index in [1.807, 2.05) is 0 Å². The summed E-state index contributed by atoms with van der Waals surface area (Å²) in [7, 11) is 0. The number of nitrogens with one attached hydrogen (secondary N) is 1. The lowest BCUT2D eigenvalue weighted by Crippen LogP contribution is -2.44. The van der Waals surface area contributed by atoms with E-state index in [0.29, 0.717) is 36.8 Å². The summed E-state index contributed by atoms with van der Waals surface area (Å²) in [6.07, 6.45) is 3.40. The van der Waals surface area contributed by atoms with Crippen LogP contribution in [0.15, 0.2) is 18.5 Å². The highest BCUT2D eigenvalue weighted by Crippen LogP contribution is 2.20. The fraction of sp³-hybridized carbons (Fsp3) is 0.533. The molecule has 126 valence electrons. The van der Waals surface area contributed by atoms with Crippen molar-refractivity contribution >= 4 is 11.9 Å². The average Bonchev–Trinajstić information content (AvgIpc) is 2.70. The molecule has 2 aromatic rings. The van der Waals surface area contributed by atoms with Crippen LogP contribution < -0.4 is 15.1 Å². The van der Waals surface area contributed by atoms with Crippen LogP contribution in [0, 0.1) is 0 Å². The summed E-state index contributed by atoms with van der Waals surface area (Å²) in [4.78, 5) is 26.8. The van der Waals surface area contributed by atoms with Crippen LogP contribution in [0.4, 0.5) is 11.9 Å². The van der Waals surface area contributed by atoms with Gasteiger partial charge >= 0.3 is 0 Å². The minimum Gasteiger partial charge on any atom is -0.378 e. The van der Waals surface area contributed by atoms with Gasteiger partial charge in [-0.1, -0.05) is 0 Å². The summed E-state index contributed by atoms with van der Waals surface area (Å²) in [5.74, 6) is 2.39. The first-order valence-electron chi connectivity index (χ1n) is 8.22. The van der Waals surface area contributed by atoms with Gasteiger partial charge in [-0.25, -0.2) is 9.97 Å². The normalized spacial score (nSPS) is 18.7. The van der Waals surface area contributed by atoms with Crippen molar-refractivity contribution < 1.29 is 4.74 Å². The predicted molar refractivity (Wildman–Crippen MR) is 89.0 cm³/mol. The van der Waals surface area contributed by atoms with Crippen molar-refractivity contribution in [3.63, 3.8) is 0 Å². The Bertz CT molecular complexity index is 634. The lowest BCUT2D eigenvalue weighted by Gasteiger charge is -2.30. The average molecular weight is 328 g/mol. The van der Waals surface area contributed by atoms with Crippen molar-refractivity contribution in [2.45, 2.75) is 0 Å². The van der Waals surface area contributed by atoms with Gasteiger partial charge in [0.1, 0.15) is 0 Å². The van der Waals surface area contributed by atoms with Gasteiger partial charge in [-0.3, -0.25) is 0 Å². The van der Waals surface area contributed by atoms with E-state index < -0.39 is 0 Å². The molecule has 2 aliphatic rings. The first-order chi connectivity index (χ1) is 11.9. The van der Waals surface area contributed by atoms with Gasteiger partial charge < -0.3 is 19.9 Å². The molecule has 0 unspecified atom stereocenters. The molecule has 2 fully saturated rings. The molecule has 1 N–H and O–H groups in total. The van der Waals surface area contributed by atoms with E-state index in [2.05, 4.69) is 35.1 Å². The highest BCUT2D eigenvalue weighted by atomic mass is 16.5. The molecule has 4 rings (SSSR count). The Morgan fingerprint density at radius 1 is 0.792 bits per heavy atom. The topological polar surface area (TPSA) is 92.2 Å². The third-order valence-corrected chi connectivity index (χ3v) is 4.07. The number of anilines is 2. The number of hydrogen-bond acceptors (Lipinski definition) is 9. The molecule has 0 aromatic carbocycles. The maximum absolute atomic E-state index is 5.43. The smallest absolute Gasteiger partial charge is 0.230 e. The molecule has 0 bridgehead atoms. The Labute approximate surface area is 140 Å². The maximum Gasteiger partial charge on any atom is 0.230 e. The Balaban J connectivity index is 1.72. The van der Waals surface area contributed by atoms with Gasteiger partial charge in [0, 0.05) is 51.7 Å². The largest absolute Gasteiger partial charge is 0.378 e. The van der Waals surface area contributed by atoms with Gasteiger partial charge in [-0.05, 0) is 6.07 Å². The number of rotatable bonds is 3. The van der Waals surface area contributed by atoms with Crippen molar-refractivity contribution in [3.05, 3.63) is 18.5 Å². The minimum atomic E-state index is 0.514. The summed E-state index contributed by atoms with van der Waals surface area (Å²) in [6.45, 7) is 6.53. The van der Waals surface area contributed by atoms with Crippen LogP contribution in [-0.2, 0) is 4.74 Å². The molecule has 0 atom stereocenters. The molecule has 9 nitrogen and oxygen atoms in total. The van der Waals surface area contributed by atoms with E-state index in [4.69, 9.17) is 9.72 Å². The fourth-order valence-electron chi connectivity index (χ4n) is 2.78. The molecule has 0 radical (unpaired) electrons. The molecule has 0 spiro atoms. The summed E-state index contributed by atoms with van der Waals surface area (Å²) in [5, 5.41) is 3.34. The minimum absolute atomic E-state index is 0.514. The third-order valence-electron chi connectivity index (χ3n) is 4.07. The van der Waals surface area contributed by atoms with Crippen LogP contribution in [0.25, 0.3) is 11.6 Å². The van der Waals surface area contributed by atoms with Crippen molar-refractivity contribution in [3.8, 4) is 11.6 Å². The van der Waals surface area contributed by atoms with Gasteiger partial charge in [0.15, 0.2) is 5.82 Å². The molecule has 2 aliphatic heterocycles. The van der Waals surface area contributed by atoms with Crippen LogP contribution in [0.3, 0.4) is 0 Å². The maximum atomic E-state index is 5.43. The number of hydrogen-bond donors (Lipinski definition) is 1. The summed E-state index contributed by atoms with van der Waals surface area (Å²) in [6, 6.07) is 1.78. The van der Waals surface area contributed by atoms with Gasteiger partial charge in [-0.2, -0.15) is 15.0 Å². The molecule has 24 heavy (non-hydrogen) atoms. The monoisotopic (exact) mass is 328 g/mol. The zero-order valence-electron chi connectivity index (χ0n) is 13.4. The first-order valence-corrected chi connectivity index (χ1v) is 8.22. The van der Waals surface area contributed by atoms with Gasteiger partial charge in [0.25, 0.3) is 0 Å². The molecular formula is C15H20N8O. The molecule has 2 saturated heterocycles. The lowest BCUT2D eigenvalue weighted by atomic mass is 10.4. The van der Waals surface area contributed by atoms with Gasteiger partial charge in [0.2, 0.25) is 17.7 Å². The van der Waals surface area contributed by atoms with E-state index in [1.165, 1.54) is 0 Å². The number of ether oxygens (including phenoxy) is 1. The fourth-order valence-corrected chi connectivity index (χ4v) is 2.78. The summed E-state index contributed by atoms with van der Waals surface area (Å²) >= 11 is 0. The van der Waals surface area contributed by atoms with E-state index in [0.717, 1.165) is 39.3 Å². The Hall–Kier alpha value is -2.39. The second kappa shape index (κ2) is 7.02. The quantitative estimate of drug-likeness (QED) is 0.806. The van der Waals surface area contributed by atoms with Crippen molar-refractivity contribution in [1.29, 1.82) is 0 Å². The Morgan fingerprint density at radius 2 is 1.42 bits per heavy atom. The van der Waals surface area contributed by atoms with Crippen LogP contribution >= 0.6 is 0 Å². The van der Waals surface area contributed by atoms with Crippen molar-refractivity contribution in [2.75, 3.05) is 62.3 Å². The summed E-state index contributed by atoms with van der Waals surface area (Å²) in [5.41, 5.74) is 0. The van der Waals surface area contributed by atoms with Crippen molar-refractivity contribution in [1.82, 2.24) is 30.2 Å². The van der Waals surface area contributed by atoms with Crippen LogP contribution in [0.1, 0.15) is 0 Å². The zero-order chi connectivity index (χ0) is 16.2. The van der Waals surface area contributed by atoms with Crippen LogP contribution in [0.5, 0.6) is 0 Å². The standard InChI is InChI=1S/C15H20N8O/c1-2-17-12(18-3-1)13-19-14(22-6-4-16-5-7-22)21-15(20-13)23-8-10-24-11-9-23/h1-3,16H,4-11H2. The third kappa shape index (κ3) is 3.26. The summed E-state index contributed by atoms with van der Waals surface area (Å²) < 4.78 is 5.43. The first kappa shape index (κ1) is 15.2. The number of piperazine rings is 1. The highest BCUT2D eigenvalue weighted by Gasteiger charge is 2.21. The zero-order valence-corrected chi connectivity index (χ0v) is 13.4. The van der Waals surface area contributed by atoms with Crippen LogP contribution in [-0.4, -0.2) is 77.4 Å². The molecule has 0 aliphatic carbocycles. The molecule has 2 aromatic heterocycles. The molecule has 0 saturated carbocycles. The molecule has 9 heteroatoms. The second-order valence-electron chi connectivity index (χ2n) is 5.67. The number of nitrogens with zero attached hydrogens (tertiary/aromatic N) is 7.